The van der Waals surface area contributed by atoms with Crippen LogP contribution in [0.3, 0.4) is 0 Å². The van der Waals surface area contributed by atoms with Crippen molar-refractivity contribution in [3.8, 4) is 16.9 Å². The number of carbonyl (C=O) groups excluding carboxylic acids is 3. The predicted octanol–water partition coefficient (Wildman–Crippen LogP) is 5.65. The fraction of sp³-hybridized carbons (Fsp3) is 0.371. The van der Waals surface area contributed by atoms with Crippen molar-refractivity contribution in [1.29, 1.82) is 0 Å². The summed E-state index contributed by atoms with van der Waals surface area (Å²) < 4.78 is 21.9. The van der Waals surface area contributed by atoms with E-state index in [0.717, 1.165) is 22.3 Å². The van der Waals surface area contributed by atoms with Gasteiger partial charge < -0.3 is 29.4 Å². The van der Waals surface area contributed by atoms with Gasteiger partial charge in [0.1, 0.15) is 29.6 Å². The molecule has 4 rings (SSSR count). The summed E-state index contributed by atoms with van der Waals surface area (Å²) in [6, 6.07) is 20.7. The van der Waals surface area contributed by atoms with E-state index in [4.69, 9.17) is 18.9 Å². The highest BCUT2D eigenvalue weighted by Gasteiger charge is 2.37. The van der Waals surface area contributed by atoms with Gasteiger partial charge in [-0.2, -0.15) is 0 Å². The average Bonchev–Trinajstić information content (AvgIpc) is 3.27. The molecule has 3 aromatic carbocycles. The van der Waals surface area contributed by atoms with Crippen LogP contribution < -0.4 is 10.1 Å². The lowest BCUT2D eigenvalue weighted by atomic mass is 9.98. The summed E-state index contributed by atoms with van der Waals surface area (Å²) in [4.78, 5) is 50.3. The summed E-state index contributed by atoms with van der Waals surface area (Å²) in [5.74, 6) is -3.04. The molecule has 0 radical (unpaired) electrons. The first kappa shape index (κ1) is 33.0. The summed E-state index contributed by atoms with van der Waals surface area (Å²) in [5, 5.41) is 12.2. The molecule has 238 valence electrons. The first-order chi connectivity index (χ1) is 21.1. The highest BCUT2D eigenvalue weighted by molar-refractivity contribution is 5.98. The van der Waals surface area contributed by atoms with Gasteiger partial charge in [-0.25, -0.2) is 19.2 Å². The molecule has 0 saturated carbocycles. The number of fused-ring (bicyclic) bond motifs is 3. The Labute approximate surface area is 262 Å². The Morgan fingerprint density at radius 3 is 1.71 bits per heavy atom. The Balaban J connectivity index is 1.38. The van der Waals surface area contributed by atoms with Crippen LogP contribution in [0.5, 0.6) is 5.75 Å². The first-order valence-corrected chi connectivity index (χ1v) is 14.7. The normalized spacial score (nSPS) is 13.3. The van der Waals surface area contributed by atoms with E-state index in [1.807, 2.05) is 48.5 Å². The number of benzene rings is 3. The average molecular weight is 618 g/mol. The van der Waals surface area contributed by atoms with Crippen LogP contribution in [0.1, 0.15) is 64.2 Å². The zero-order chi connectivity index (χ0) is 32.9. The van der Waals surface area contributed by atoms with Crippen molar-refractivity contribution in [1.82, 2.24) is 5.32 Å². The quantitative estimate of drug-likeness (QED) is 0.168. The van der Waals surface area contributed by atoms with Crippen LogP contribution in [0.2, 0.25) is 0 Å². The van der Waals surface area contributed by atoms with Gasteiger partial charge in [0.25, 0.3) is 6.10 Å². The second-order valence-corrected chi connectivity index (χ2v) is 12.8. The molecule has 0 bridgehead atoms. The summed E-state index contributed by atoms with van der Waals surface area (Å²) in [7, 11) is 0. The smallest absolute Gasteiger partial charge is 0.407 e. The second kappa shape index (κ2) is 13.4. The monoisotopic (exact) mass is 617 g/mol. The summed E-state index contributed by atoms with van der Waals surface area (Å²) >= 11 is 0. The minimum absolute atomic E-state index is 0.0503. The largest absolute Gasteiger partial charge is 0.480 e. The number of hydrogen-bond donors (Lipinski definition) is 2. The molecule has 10 heteroatoms. The number of ether oxygens (including phenoxy) is 4. The molecule has 1 atom stereocenters. The van der Waals surface area contributed by atoms with Gasteiger partial charge in [0.15, 0.2) is 0 Å². The van der Waals surface area contributed by atoms with Crippen molar-refractivity contribution < 1.29 is 43.2 Å². The third-order valence-electron chi connectivity index (χ3n) is 6.79. The molecule has 45 heavy (non-hydrogen) atoms. The van der Waals surface area contributed by atoms with Gasteiger partial charge in [-0.15, -0.1) is 0 Å². The molecule has 0 aromatic heterocycles. The van der Waals surface area contributed by atoms with Crippen LogP contribution in [-0.2, 0) is 35.0 Å². The molecule has 0 heterocycles. The zero-order valence-electron chi connectivity index (χ0n) is 26.3. The lowest BCUT2D eigenvalue weighted by Gasteiger charge is -2.26. The maximum Gasteiger partial charge on any atom is 0.407 e. The predicted molar refractivity (Wildman–Crippen MR) is 166 cm³/mol. The molecule has 1 aliphatic rings. The van der Waals surface area contributed by atoms with Gasteiger partial charge in [0.2, 0.25) is 0 Å². The van der Waals surface area contributed by atoms with Gasteiger partial charge in [0, 0.05) is 12.3 Å². The van der Waals surface area contributed by atoms with Gasteiger partial charge in [0.05, 0.1) is 0 Å². The van der Waals surface area contributed by atoms with Crippen LogP contribution in [0.25, 0.3) is 11.1 Å². The Hall–Kier alpha value is -4.86. The molecule has 2 N–H and O–H groups in total. The molecule has 3 aromatic rings. The van der Waals surface area contributed by atoms with E-state index in [0.29, 0.717) is 5.56 Å². The van der Waals surface area contributed by atoms with E-state index in [1.54, 1.807) is 53.7 Å². The SMILES string of the molecule is CC(C)(C)OC(=O)C(Oc1ccc(C[C@H](NC(=O)OCC2c3ccccc3-c3ccccc32)C(=O)O)cc1)C(=O)OC(C)(C)C. The number of rotatable bonds is 10. The van der Waals surface area contributed by atoms with Crippen LogP contribution in [0, 0.1) is 0 Å². The number of alkyl carbamates (subject to hydrolysis) is 1. The lowest BCUT2D eigenvalue weighted by Crippen LogP contribution is -2.44. The number of esters is 2. The number of amides is 1. The van der Waals surface area contributed by atoms with Crippen molar-refractivity contribution in [3.05, 3.63) is 89.5 Å². The highest BCUT2D eigenvalue weighted by atomic mass is 16.6. The molecule has 1 amide bonds. The number of carboxylic acids is 1. The van der Waals surface area contributed by atoms with Crippen molar-refractivity contribution in [2.24, 2.45) is 0 Å². The van der Waals surface area contributed by atoms with E-state index in [9.17, 15) is 24.3 Å². The lowest BCUT2D eigenvalue weighted by molar-refractivity contribution is -0.179. The summed E-state index contributed by atoms with van der Waals surface area (Å²) in [6.45, 7) is 10.1. The fourth-order valence-electron chi connectivity index (χ4n) is 4.96. The molecule has 0 fully saturated rings. The van der Waals surface area contributed by atoms with Crippen LogP contribution in [0.4, 0.5) is 4.79 Å². The minimum atomic E-state index is -1.67. The highest BCUT2D eigenvalue weighted by Crippen LogP contribution is 2.44. The molecular formula is C35H39NO9. The number of nitrogens with one attached hydrogen (secondary N) is 1. The number of carboxylic acid groups (broad SMARTS) is 1. The van der Waals surface area contributed by atoms with Crippen LogP contribution in [-0.4, -0.2) is 59.1 Å². The van der Waals surface area contributed by atoms with E-state index >= 15 is 0 Å². The standard InChI is InChI=1S/C35H39NO9/c1-34(2,3)44-31(39)29(32(40)45-35(4,5)6)43-22-17-15-21(16-18-22)19-28(30(37)38)36-33(41)42-20-27-25-13-9-7-11-23(25)24-12-8-10-14-26(24)27/h7-18,27-29H,19-20H2,1-6H3,(H,36,41)(H,37,38)/t28-/m0/s1. The molecular weight excluding hydrogens is 578 g/mol. The van der Waals surface area contributed by atoms with Crippen molar-refractivity contribution >= 4 is 24.0 Å². The summed E-state index contributed by atoms with van der Waals surface area (Å²) in [5.41, 5.74) is 3.09. The van der Waals surface area contributed by atoms with Crippen LogP contribution in [0.15, 0.2) is 72.8 Å². The van der Waals surface area contributed by atoms with Crippen LogP contribution >= 0.6 is 0 Å². The molecule has 1 aliphatic carbocycles. The third kappa shape index (κ3) is 8.84. The van der Waals surface area contributed by atoms with E-state index < -0.39 is 47.3 Å². The molecule has 10 nitrogen and oxygen atoms in total. The molecule has 0 unspecified atom stereocenters. The number of aliphatic carboxylic acids is 1. The first-order valence-electron chi connectivity index (χ1n) is 14.7. The fourth-order valence-corrected chi connectivity index (χ4v) is 4.96. The number of carbonyl (C=O) groups is 4. The van der Waals surface area contributed by atoms with E-state index in [2.05, 4.69) is 5.32 Å². The van der Waals surface area contributed by atoms with Crippen molar-refractivity contribution in [3.63, 3.8) is 0 Å². The van der Waals surface area contributed by atoms with Gasteiger partial charge in [-0.05, 0) is 81.5 Å². The van der Waals surface area contributed by atoms with E-state index in [1.165, 1.54) is 12.1 Å². The van der Waals surface area contributed by atoms with Gasteiger partial charge in [-0.1, -0.05) is 60.7 Å². The Kier molecular flexibility index (Phi) is 9.85. The maximum absolute atomic E-state index is 12.8. The van der Waals surface area contributed by atoms with Gasteiger partial charge in [-0.3, -0.25) is 0 Å². The molecule has 0 saturated heterocycles. The second-order valence-electron chi connectivity index (χ2n) is 12.8. The molecule has 0 aliphatic heterocycles. The van der Waals surface area contributed by atoms with Gasteiger partial charge >= 0.3 is 24.0 Å². The molecule has 0 spiro atoms. The Bertz CT molecular complexity index is 1480. The van der Waals surface area contributed by atoms with Crippen molar-refractivity contribution in [2.75, 3.05) is 6.61 Å². The Morgan fingerprint density at radius 1 is 0.756 bits per heavy atom. The zero-order valence-corrected chi connectivity index (χ0v) is 26.3. The van der Waals surface area contributed by atoms with E-state index in [-0.39, 0.29) is 24.7 Å². The topological polar surface area (TPSA) is 137 Å². The minimum Gasteiger partial charge on any atom is -0.480 e. The van der Waals surface area contributed by atoms with Crippen molar-refractivity contribution in [2.45, 2.75) is 77.2 Å². The Morgan fingerprint density at radius 2 is 1.24 bits per heavy atom. The summed E-state index contributed by atoms with van der Waals surface area (Å²) in [6.07, 6.45) is -2.57. The number of hydrogen-bond acceptors (Lipinski definition) is 8. The third-order valence-corrected chi connectivity index (χ3v) is 6.79. The maximum atomic E-state index is 12.8.